The molecule has 1 heterocycles. The molecule has 0 aliphatic rings. The minimum Gasteiger partial charge on any atom is -0.481 e. The second kappa shape index (κ2) is 5.53. The number of hydrogen-bond donors (Lipinski definition) is 1. The van der Waals surface area contributed by atoms with E-state index in [9.17, 15) is 10.1 Å². The van der Waals surface area contributed by atoms with Gasteiger partial charge in [0.05, 0.1) is 9.95 Å². The van der Waals surface area contributed by atoms with Gasteiger partial charge in [-0.3, -0.25) is 10.1 Å². The molecule has 0 fully saturated rings. The minimum absolute atomic E-state index is 0.0459. The van der Waals surface area contributed by atoms with Crippen molar-refractivity contribution < 1.29 is 9.66 Å². The van der Waals surface area contributed by atoms with Crippen molar-refractivity contribution in [1.29, 1.82) is 0 Å². The lowest BCUT2D eigenvalue weighted by atomic mass is 10.2. The third-order valence-corrected chi connectivity index (χ3v) is 2.67. The molecule has 98 valence electrons. The normalized spacial score (nSPS) is 10.2. The Hall–Kier alpha value is -2.34. The van der Waals surface area contributed by atoms with Crippen LogP contribution in [0.2, 0.25) is 5.02 Å². The maximum absolute atomic E-state index is 10.9. The molecule has 0 saturated carbocycles. The summed E-state index contributed by atoms with van der Waals surface area (Å²) in [5.41, 5.74) is 6.11. The zero-order chi connectivity index (χ0) is 13.8. The molecule has 0 atom stereocenters. The predicted molar refractivity (Wildman–Crippen MR) is 71.1 cm³/mol. The maximum Gasteiger partial charge on any atom is 0.312 e. The van der Waals surface area contributed by atoms with Crippen molar-refractivity contribution in [2.75, 3.05) is 5.73 Å². The smallest absolute Gasteiger partial charge is 0.312 e. The summed E-state index contributed by atoms with van der Waals surface area (Å²) >= 11 is 5.90. The third-order valence-electron chi connectivity index (χ3n) is 2.37. The van der Waals surface area contributed by atoms with Gasteiger partial charge in [0.2, 0.25) is 5.75 Å². The highest BCUT2D eigenvalue weighted by atomic mass is 35.5. The first-order valence-electron chi connectivity index (χ1n) is 5.34. The van der Waals surface area contributed by atoms with Crippen molar-refractivity contribution >= 4 is 23.1 Å². The number of aromatic nitrogens is 1. The number of ether oxygens (including phenoxy) is 1. The Morgan fingerprint density at radius 2 is 2.21 bits per heavy atom. The number of benzene rings is 1. The van der Waals surface area contributed by atoms with Gasteiger partial charge in [-0.15, -0.1) is 0 Å². The molecule has 6 nitrogen and oxygen atoms in total. The zero-order valence-electron chi connectivity index (χ0n) is 9.75. The van der Waals surface area contributed by atoms with Gasteiger partial charge in [-0.05, 0) is 23.8 Å². The van der Waals surface area contributed by atoms with E-state index in [4.69, 9.17) is 22.1 Å². The first kappa shape index (κ1) is 13.1. The topological polar surface area (TPSA) is 91.3 Å². The summed E-state index contributed by atoms with van der Waals surface area (Å²) in [4.78, 5) is 14.2. The molecule has 0 amide bonds. The largest absolute Gasteiger partial charge is 0.481 e. The number of halogens is 1. The zero-order valence-corrected chi connectivity index (χ0v) is 10.5. The molecule has 1 aromatic carbocycles. The van der Waals surface area contributed by atoms with Crippen molar-refractivity contribution in [3.05, 3.63) is 57.2 Å². The van der Waals surface area contributed by atoms with Crippen molar-refractivity contribution in [3.8, 4) is 5.75 Å². The highest BCUT2D eigenvalue weighted by Gasteiger charge is 2.18. The second-order valence-corrected chi connectivity index (χ2v) is 4.13. The van der Waals surface area contributed by atoms with E-state index >= 15 is 0 Å². The van der Waals surface area contributed by atoms with Crippen molar-refractivity contribution in [3.63, 3.8) is 0 Å². The molecule has 2 rings (SSSR count). The van der Waals surface area contributed by atoms with Crippen LogP contribution in [0.25, 0.3) is 0 Å². The fraction of sp³-hybridized carbons (Fsp3) is 0.0833. The van der Waals surface area contributed by atoms with Gasteiger partial charge in [0.15, 0.2) is 0 Å². The summed E-state index contributed by atoms with van der Waals surface area (Å²) in [5, 5.41) is 11.1. The van der Waals surface area contributed by atoms with Gasteiger partial charge in [-0.1, -0.05) is 17.7 Å². The van der Waals surface area contributed by atoms with E-state index in [1.54, 1.807) is 12.1 Å². The number of para-hydroxylation sites is 1. The number of nitrogens with two attached hydrogens (primary N) is 1. The Bertz CT molecular complexity index is 619. The first-order chi connectivity index (χ1) is 9.08. The Labute approximate surface area is 113 Å². The number of nitrogens with zero attached hydrogens (tertiary/aromatic N) is 2. The summed E-state index contributed by atoms with van der Waals surface area (Å²) in [6.07, 6.45) is 1.54. The van der Waals surface area contributed by atoms with E-state index in [0.717, 1.165) is 5.56 Å². The highest BCUT2D eigenvalue weighted by molar-refractivity contribution is 6.32. The first-order valence-corrected chi connectivity index (χ1v) is 5.72. The van der Waals surface area contributed by atoms with Crippen LogP contribution in [0.1, 0.15) is 5.56 Å². The van der Waals surface area contributed by atoms with E-state index in [-0.39, 0.29) is 23.1 Å². The Balaban J connectivity index is 2.22. The van der Waals surface area contributed by atoms with E-state index < -0.39 is 4.92 Å². The van der Waals surface area contributed by atoms with E-state index in [1.807, 2.05) is 0 Å². The molecule has 0 spiro atoms. The molecule has 0 aliphatic carbocycles. The van der Waals surface area contributed by atoms with Crippen LogP contribution in [0.15, 0.2) is 36.5 Å². The molecular weight excluding hydrogens is 270 g/mol. The van der Waals surface area contributed by atoms with E-state index in [1.165, 1.54) is 24.4 Å². The maximum atomic E-state index is 10.9. The number of nitro benzene ring substituents is 1. The van der Waals surface area contributed by atoms with Crippen LogP contribution < -0.4 is 10.5 Å². The predicted octanol–water partition coefficient (Wildman–Crippen LogP) is 2.80. The minimum atomic E-state index is -0.540. The lowest BCUT2D eigenvalue weighted by molar-refractivity contribution is -0.385. The van der Waals surface area contributed by atoms with Gasteiger partial charge >= 0.3 is 5.69 Å². The number of anilines is 1. The monoisotopic (exact) mass is 279 g/mol. The van der Waals surface area contributed by atoms with Crippen LogP contribution in [-0.4, -0.2) is 9.91 Å². The number of pyridine rings is 1. The van der Waals surface area contributed by atoms with Gasteiger partial charge in [0.1, 0.15) is 12.4 Å². The van der Waals surface area contributed by atoms with Crippen LogP contribution >= 0.6 is 11.6 Å². The fourth-order valence-corrected chi connectivity index (χ4v) is 1.75. The lowest BCUT2D eigenvalue weighted by Gasteiger charge is -2.08. The van der Waals surface area contributed by atoms with Crippen LogP contribution in [0.3, 0.4) is 0 Å². The highest BCUT2D eigenvalue weighted by Crippen LogP contribution is 2.34. The number of nitro groups is 1. The van der Waals surface area contributed by atoms with Crippen molar-refractivity contribution in [2.24, 2.45) is 0 Å². The van der Waals surface area contributed by atoms with Crippen LogP contribution in [0.4, 0.5) is 11.5 Å². The molecular formula is C12H10ClN3O3. The van der Waals surface area contributed by atoms with Gasteiger partial charge in [0.25, 0.3) is 0 Å². The molecule has 1 aromatic heterocycles. The van der Waals surface area contributed by atoms with Crippen LogP contribution in [-0.2, 0) is 6.61 Å². The molecule has 0 bridgehead atoms. The van der Waals surface area contributed by atoms with Crippen molar-refractivity contribution in [1.82, 2.24) is 4.98 Å². The molecule has 7 heteroatoms. The third kappa shape index (κ3) is 3.11. The standard InChI is InChI=1S/C12H10ClN3O3/c13-9-2-1-3-10(16(17)18)12(9)19-7-8-4-5-15-11(14)6-8/h1-6H,7H2,(H2,14,15). The molecule has 0 unspecified atom stereocenters. The summed E-state index contributed by atoms with van der Waals surface area (Å²) in [5.74, 6) is 0.402. The van der Waals surface area contributed by atoms with Gasteiger partial charge < -0.3 is 10.5 Å². The molecule has 0 radical (unpaired) electrons. The molecule has 0 aliphatic heterocycles. The number of nitrogen functional groups attached to an aromatic ring is 1. The SMILES string of the molecule is Nc1cc(COc2c(Cl)cccc2[N+](=O)[O-])ccn1. The summed E-state index contributed by atoms with van der Waals surface area (Å²) in [7, 11) is 0. The second-order valence-electron chi connectivity index (χ2n) is 3.72. The fourth-order valence-electron chi connectivity index (χ4n) is 1.52. The van der Waals surface area contributed by atoms with Crippen LogP contribution in [0.5, 0.6) is 5.75 Å². The molecule has 0 saturated heterocycles. The summed E-state index contributed by atoms with van der Waals surface area (Å²) in [6, 6.07) is 7.70. The quantitative estimate of drug-likeness (QED) is 0.686. The van der Waals surface area contributed by atoms with Gasteiger partial charge in [0, 0.05) is 12.3 Å². The van der Waals surface area contributed by atoms with Crippen molar-refractivity contribution in [2.45, 2.75) is 6.61 Å². The molecule has 2 N–H and O–H groups in total. The number of rotatable bonds is 4. The molecule has 2 aromatic rings. The summed E-state index contributed by atoms with van der Waals surface area (Å²) < 4.78 is 5.41. The average Bonchev–Trinajstić information content (AvgIpc) is 2.37. The van der Waals surface area contributed by atoms with E-state index in [0.29, 0.717) is 5.82 Å². The average molecular weight is 280 g/mol. The lowest BCUT2D eigenvalue weighted by Crippen LogP contribution is -2.01. The Morgan fingerprint density at radius 1 is 1.42 bits per heavy atom. The van der Waals surface area contributed by atoms with Crippen LogP contribution in [0, 0.1) is 10.1 Å². The Morgan fingerprint density at radius 3 is 2.89 bits per heavy atom. The van der Waals surface area contributed by atoms with Gasteiger partial charge in [-0.2, -0.15) is 0 Å². The van der Waals surface area contributed by atoms with E-state index in [2.05, 4.69) is 4.98 Å². The summed E-state index contributed by atoms with van der Waals surface area (Å²) in [6.45, 7) is 0.122. The Kier molecular flexibility index (Phi) is 3.82. The van der Waals surface area contributed by atoms with Gasteiger partial charge in [-0.25, -0.2) is 4.98 Å². The molecule has 19 heavy (non-hydrogen) atoms. The number of hydrogen-bond acceptors (Lipinski definition) is 5.